The fourth-order valence-electron chi connectivity index (χ4n) is 4.48. The van der Waals surface area contributed by atoms with Crippen molar-refractivity contribution in [3.63, 3.8) is 0 Å². The van der Waals surface area contributed by atoms with Gasteiger partial charge in [0.05, 0.1) is 17.1 Å². The highest BCUT2D eigenvalue weighted by Crippen LogP contribution is 2.54. The number of rotatable bonds is 3. The van der Waals surface area contributed by atoms with E-state index in [1.807, 2.05) is 6.07 Å². The number of aliphatic carboxylic acids is 1. The van der Waals surface area contributed by atoms with Crippen LogP contribution in [-0.2, 0) is 15.0 Å². The number of carbonyl (C=O) groups excluding carboxylic acids is 1. The topological polar surface area (TPSA) is 81.4 Å². The van der Waals surface area contributed by atoms with Gasteiger partial charge in [0.2, 0.25) is 5.91 Å². The number of hydrogen-bond donors (Lipinski definition) is 1. The Morgan fingerprint density at radius 1 is 1.23 bits per heavy atom. The van der Waals surface area contributed by atoms with E-state index in [0.717, 1.165) is 17.9 Å². The number of hydrogen-bond acceptors (Lipinski definition) is 3. The van der Waals surface area contributed by atoms with Crippen LogP contribution in [0, 0.1) is 23.0 Å². The van der Waals surface area contributed by atoms with Gasteiger partial charge in [0.15, 0.2) is 0 Å². The van der Waals surface area contributed by atoms with Crippen molar-refractivity contribution in [3.05, 3.63) is 69.2 Å². The summed E-state index contributed by atoms with van der Waals surface area (Å²) in [6.45, 7) is 2.58. The van der Waals surface area contributed by atoms with E-state index in [2.05, 4.69) is 0 Å². The molecule has 1 N–H and O–H groups in total. The lowest BCUT2D eigenvalue weighted by atomic mass is 9.65. The molecule has 1 aliphatic heterocycles. The number of likely N-dealkylation sites (tertiary alicyclic amines) is 1. The Hall–Kier alpha value is -2.69. The number of carbonyl (C=O) groups is 2. The number of benzene rings is 2. The molecule has 0 aliphatic carbocycles. The first kappa shape index (κ1) is 22.0. The molecule has 156 valence electrons. The molecule has 9 heteroatoms. The molecule has 1 saturated heterocycles. The van der Waals surface area contributed by atoms with E-state index in [4.69, 9.17) is 23.2 Å². The van der Waals surface area contributed by atoms with E-state index < -0.39 is 46.9 Å². The lowest BCUT2D eigenvalue weighted by Crippen LogP contribution is -2.45. The summed E-state index contributed by atoms with van der Waals surface area (Å²) in [4.78, 5) is 25.6. The number of amides is 1. The second-order valence-electron chi connectivity index (χ2n) is 7.11. The summed E-state index contributed by atoms with van der Waals surface area (Å²) >= 11 is 11.8. The fraction of sp³-hybridized carbons (Fsp3) is 0.286. The van der Waals surface area contributed by atoms with Gasteiger partial charge in [-0.15, -0.1) is 0 Å². The summed E-state index contributed by atoms with van der Waals surface area (Å²) in [5, 5.41) is 20.0. The van der Waals surface area contributed by atoms with Gasteiger partial charge in [-0.05, 0) is 30.7 Å². The van der Waals surface area contributed by atoms with Gasteiger partial charge in [-0.2, -0.15) is 5.26 Å². The zero-order valence-corrected chi connectivity index (χ0v) is 17.4. The Labute approximate surface area is 181 Å². The van der Waals surface area contributed by atoms with Crippen LogP contribution < -0.4 is 0 Å². The molecule has 1 heterocycles. The summed E-state index contributed by atoms with van der Waals surface area (Å²) in [6.07, 6.45) is 0. The molecule has 0 aromatic heterocycles. The van der Waals surface area contributed by atoms with Crippen LogP contribution in [0.15, 0.2) is 36.4 Å². The average Bonchev–Trinajstić information content (AvgIpc) is 2.94. The van der Waals surface area contributed by atoms with Crippen LogP contribution in [0.5, 0.6) is 0 Å². The Morgan fingerprint density at radius 3 is 2.43 bits per heavy atom. The minimum Gasteiger partial charge on any atom is -0.480 e. The minimum atomic E-state index is -1.92. The predicted molar refractivity (Wildman–Crippen MR) is 106 cm³/mol. The molecule has 0 spiro atoms. The molecule has 2 aromatic rings. The Morgan fingerprint density at radius 2 is 1.90 bits per heavy atom. The first-order chi connectivity index (χ1) is 14.1. The number of nitrogens with zero attached hydrogens (tertiary/aromatic N) is 2. The molecule has 0 saturated carbocycles. The van der Waals surface area contributed by atoms with Gasteiger partial charge in [-0.1, -0.05) is 41.4 Å². The van der Waals surface area contributed by atoms with Gasteiger partial charge in [0.25, 0.3) is 0 Å². The van der Waals surface area contributed by atoms with Crippen molar-refractivity contribution in [2.24, 2.45) is 0 Å². The molecule has 1 amide bonds. The van der Waals surface area contributed by atoms with Crippen LogP contribution in [-0.4, -0.2) is 34.0 Å². The zero-order valence-electron chi connectivity index (χ0n) is 15.9. The number of nitriles is 1. The Bertz CT molecular complexity index is 1090. The first-order valence-electron chi connectivity index (χ1n) is 8.90. The van der Waals surface area contributed by atoms with Crippen molar-refractivity contribution >= 4 is 35.1 Å². The smallest absolute Gasteiger partial charge is 0.327 e. The fourth-order valence-corrected chi connectivity index (χ4v) is 4.82. The predicted octanol–water partition coefficient (Wildman–Crippen LogP) is 4.52. The van der Waals surface area contributed by atoms with Gasteiger partial charge in [-0.3, -0.25) is 4.79 Å². The van der Waals surface area contributed by atoms with E-state index >= 15 is 8.78 Å². The standard InChI is InChI=1S/C21H16Cl2F2N2O3/c1-10-21(9-26,14-7-6-12(22)8-16(14)24)17(13-4-3-5-15(23)18(13)25)19(20(29)30)27(10)11(2)28/h3-8,10,17,19H,1-2H3,(H,29,30)/t10-,17-,19+,21+/m0/s1. The van der Waals surface area contributed by atoms with E-state index in [-0.39, 0.29) is 21.2 Å². The third kappa shape index (κ3) is 3.11. The van der Waals surface area contributed by atoms with E-state index in [1.165, 1.54) is 37.3 Å². The maximum Gasteiger partial charge on any atom is 0.327 e. The third-order valence-corrected chi connectivity index (χ3v) is 6.20. The molecule has 4 atom stereocenters. The van der Waals surface area contributed by atoms with Gasteiger partial charge < -0.3 is 10.0 Å². The maximum absolute atomic E-state index is 15.1. The van der Waals surface area contributed by atoms with Crippen LogP contribution in [0.25, 0.3) is 0 Å². The number of carboxylic acid groups (broad SMARTS) is 1. The van der Waals surface area contributed by atoms with Crippen molar-refractivity contribution < 1.29 is 23.5 Å². The Balaban J connectivity index is 2.45. The maximum atomic E-state index is 15.1. The molecule has 3 rings (SSSR count). The van der Waals surface area contributed by atoms with Gasteiger partial charge in [0, 0.05) is 23.4 Å². The summed E-state index contributed by atoms with van der Waals surface area (Å²) in [5.74, 6) is -5.32. The third-order valence-electron chi connectivity index (χ3n) is 5.68. The molecule has 1 fully saturated rings. The van der Waals surface area contributed by atoms with Crippen LogP contribution >= 0.6 is 23.2 Å². The molecule has 1 aliphatic rings. The molecule has 5 nitrogen and oxygen atoms in total. The highest BCUT2D eigenvalue weighted by Gasteiger charge is 2.64. The number of carboxylic acids is 1. The molecule has 0 unspecified atom stereocenters. The highest BCUT2D eigenvalue weighted by molar-refractivity contribution is 6.31. The van der Waals surface area contributed by atoms with Gasteiger partial charge >= 0.3 is 5.97 Å². The van der Waals surface area contributed by atoms with Crippen molar-refractivity contribution in [1.82, 2.24) is 4.90 Å². The van der Waals surface area contributed by atoms with Gasteiger partial charge in [0.1, 0.15) is 23.1 Å². The van der Waals surface area contributed by atoms with Crippen LogP contribution in [0.3, 0.4) is 0 Å². The van der Waals surface area contributed by atoms with E-state index in [9.17, 15) is 20.0 Å². The molecular formula is C21H16Cl2F2N2O3. The highest BCUT2D eigenvalue weighted by atomic mass is 35.5. The van der Waals surface area contributed by atoms with Crippen molar-refractivity contribution in [1.29, 1.82) is 5.26 Å². The van der Waals surface area contributed by atoms with Crippen LogP contribution in [0.2, 0.25) is 10.0 Å². The van der Waals surface area contributed by atoms with E-state index in [0.29, 0.717) is 0 Å². The van der Waals surface area contributed by atoms with Crippen molar-refractivity contribution in [2.45, 2.75) is 37.3 Å². The summed E-state index contributed by atoms with van der Waals surface area (Å²) in [6, 6.07) is 6.86. The summed E-state index contributed by atoms with van der Waals surface area (Å²) in [7, 11) is 0. The van der Waals surface area contributed by atoms with Crippen molar-refractivity contribution in [3.8, 4) is 6.07 Å². The monoisotopic (exact) mass is 452 g/mol. The number of halogens is 4. The van der Waals surface area contributed by atoms with E-state index in [1.54, 1.807) is 0 Å². The summed E-state index contributed by atoms with van der Waals surface area (Å²) < 4.78 is 30.1. The molecule has 2 aromatic carbocycles. The van der Waals surface area contributed by atoms with Crippen LogP contribution in [0.4, 0.5) is 8.78 Å². The van der Waals surface area contributed by atoms with Crippen LogP contribution in [0.1, 0.15) is 30.9 Å². The molecule has 0 bridgehead atoms. The second-order valence-corrected chi connectivity index (χ2v) is 7.95. The summed E-state index contributed by atoms with van der Waals surface area (Å²) in [5.41, 5.74) is -2.29. The molecular weight excluding hydrogens is 437 g/mol. The quantitative estimate of drug-likeness (QED) is 0.741. The first-order valence-corrected chi connectivity index (χ1v) is 9.65. The zero-order chi connectivity index (χ0) is 22.4. The van der Waals surface area contributed by atoms with Crippen molar-refractivity contribution in [2.75, 3.05) is 0 Å². The SMILES string of the molecule is CC(=O)N1[C@@H](C)[C@](C#N)(c2ccc(Cl)cc2F)[C@@H](c2cccc(Cl)c2F)[C@@H]1C(=O)O. The lowest BCUT2D eigenvalue weighted by molar-refractivity contribution is -0.149. The largest absolute Gasteiger partial charge is 0.480 e. The minimum absolute atomic E-state index is 0.0682. The normalized spacial score (nSPS) is 25.8. The lowest BCUT2D eigenvalue weighted by Gasteiger charge is -2.33. The molecule has 0 radical (unpaired) electrons. The molecule has 30 heavy (non-hydrogen) atoms. The Kier molecular flexibility index (Phi) is 5.76. The average molecular weight is 453 g/mol. The van der Waals surface area contributed by atoms with Gasteiger partial charge in [-0.25, -0.2) is 13.6 Å². The second kappa shape index (κ2) is 7.86.